The van der Waals surface area contributed by atoms with Crippen molar-refractivity contribution >= 4 is 0 Å². The average Bonchev–Trinajstić information content (AvgIpc) is 2.58. The van der Waals surface area contributed by atoms with E-state index in [4.69, 9.17) is 5.26 Å². The monoisotopic (exact) mass is 301 g/mol. The number of nitriles is 1. The molecule has 3 nitrogen and oxygen atoms in total. The van der Waals surface area contributed by atoms with Gasteiger partial charge in [-0.3, -0.25) is 4.90 Å². The third-order valence-corrected chi connectivity index (χ3v) is 5.09. The Bertz CT molecular complexity index is 522. The molecule has 1 aromatic carbocycles. The maximum atomic E-state index is 13.7. The summed E-state index contributed by atoms with van der Waals surface area (Å²) >= 11 is 0. The van der Waals surface area contributed by atoms with Crippen LogP contribution >= 0.6 is 0 Å². The molecule has 1 saturated heterocycles. The van der Waals surface area contributed by atoms with Crippen LogP contribution in [-0.4, -0.2) is 31.1 Å². The second-order valence-electron chi connectivity index (χ2n) is 6.48. The van der Waals surface area contributed by atoms with E-state index in [2.05, 4.69) is 10.2 Å². The van der Waals surface area contributed by atoms with Gasteiger partial charge >= 0.3 is 0 Å². The van der Waals surface area contributed by atoms with Gasteiger partial charge in [0.15, 0.2) is 0 Å². The first kappa shape index (κ1) is 15.5. The lowest BCUT2D eigenvalue weighted by molar-refractivity contribution is 0.103. The Morgan fingerprint density at radius 3 is 2.59 bits per heavy atom. The van der Waals surface area contributed by atoms with Gasteiger partial charge in [-0.15, -0.1) is 0 Å². The largest absolute Gasteiger partial charge is 0.314 e. The molecule has 1 aliphatic carbocycles. The van der Waals surface area contributed by atoms with E-state index in [1.54, 1.807) is 6.07 Å². The number of nitrogens with one attached hydrogen (secondary N) is 1. The predicted octanol–water partition coefficient (Wildman–Crippen LogP) is 3.22. The highest BCUT2D eigenvalue weighted by Gasteiger charge is 2.31. The van der Waals surface area contributed by atoms with Gasteiger partial charge in [0.2, 0.25) is 0 Å². The van der Waals surface area contributed by atoms with Crippen molar-refractivity contribution in [2.75, 3.05) is 26.2 Å². The Balaban J connectivity index is 1.91. The first-order valence-corrected chi connectivity index (χ1v) is 8.44. The lowest BCUT2D eigenvalue weighted by Gasteiger charge is -2.41. The Kier molecular flexibility index (Phi) is 5.07. The summed E-state index contributed by atoms with van der Waals surface area (Å²) in [4.78, 5) is 2.53. The van der Waals surface area contributed by atoms with Crippen molar-refractivity contribution in [3.8, 4) is 6.07 Å². The summed E-state index contributed by atoms with van der Waals surface area (Å²) < 4.78 is 13.7. The van der Waals surface area contributed by atoms with Crippen LogP contribution in [0.2, 0.25) is 0 Å². The zero-order chi connectivity index (χ0) is 15.4. The number of benzene rings is 1. The summed E-state index contributed by atoms with van der Waals surface area (Å²) in [7, 11) is 0. The number of hydrogen-bond acceptors (Lipinski definition) is 3. The molecule has 4 heteroatoms. The van der Waals surface area contributed by atoms with Crippen LogP contribution < -0.4 is 5.32 Å². The molecule has 0 radical (unpaired) electrons. The van der Waals surface area contributed by atoms with E-state index in [1.165, 1.54) is 38.2 Å². The SMILES string of the molecule is N#Cc1cc([C@H](C2CCCCC2)N2CCNCC2)ccc1F. The molecule has 0 spiro atoms. The molecule has 1 N–H and O–H groups in total. The Labute approximate surface area is 132 Å². The Hall–Kier alpha value is -1.44. The minimum absolute atomic E-state index is 0.174. The van der Waals surface area contributed by atoms with Gasteiger partial charge in [0.1, 0.15) is 11.9 Å². The van der Waals surface area contributed by atoms with Gasteiger partial charge in [0.05, 0.1) is 5.56 Å². The van der Waals surface area contributed by atoms with Gasteiger partial charge < -0.3 is 5.32 Å². The molecule has 22 heavy (non-hydrogen) atoms. The van der Waals surface area contributed by atoms with Crippen molar-refractivity contribution in [2.45, 2.75) is 38.1 Å². The molecule has 1 aliphatic heterocycles. The van der Waals surface area contributed by atoms with E-state index >= 15 is 0 Å². The number of rotatable bonds is 3. The minimum Gasteiger partial charge on any atom is -0.314 e. The van der Waals surface area contributed by atoms with Crippen molar-refractivity contribution < 1.29 is 4.39 Å². The molecule has 0 bridgehead atoms. The van der Waals surface area contributed by atoms with E-state index in [1.807, 2.05) is 12.1 Å². The molecular weight excluding hydrogens is 277 g/mol. The van der Waals surface area contributed by atoms with Crippen LogP contribution in [0.15, 0.2) is 18.2 Å². The Morgan fingerprint density at radius 1 is 1.18 bits per heavy atom. The van der Waals surface area contributed by atoms with Crippen LogP contribution in [-0.2, 0) is 0 Å². The van der Waals surface area contributed by atoms with Crippen LogP contribution in [0, 0.1) is 23.1 Å². The van der Waals surface area contributed by atoms with Crippen molar-refractivity contribution in [1.82, 2.24) is 10.2 Å². The lowest BCUT2D eigenvalue weighted by atomic mass is 9.80. The molecule has 2 fully saturated rings. The molecule has 0 amide bonds. The van der Waals surface area contributed by atoms with E-state index in [0.717, 1.165) is 31.7 Å². The summed E-state index contributed by atoms with van der Waals surface area (Å²) in [5.41, 5.74) is 1.29. The molecule has 1 aromatic rings. The average molecular weight is 301 g/mol. The van der Waals surface area contributed by atoms with Gasteiger partial charge in [0.25, 0.3) is 0 Å². The number of nitrogens with zero attached hydrogens (tertiary/aromatic N) is 2. The molecule has 0 aromatic heterocycles. The summed E-state index contributed by atoms with van der Waals surface area (Å²) in [6, 6.07) is 7.44. The van der Waals surface area contributed by atoms with E-state index in [0.29, 0.717) is 12.0 Å². The van der Waals surface area contributed by atoms with Crippen LogP contribution in [0.5, 0.6) is 0 Å². The molecular formula is C18H24FN3. The summed E-state index contributed by atoms with van der Waals surface area (Å²) in [5, 5.41) is 12.5. The second-order valence-corrected chi connectivity index (χ2v) is 6.48. The summed E-state index contributed by atoms with van der Waals surface area (Å²) in [6.45, 7) is 4.08. The van der Waals surface area contributed by atoms with Gasteiger partial charge in [-0.25, -0.2) is 4.39 Å². The molecule has 118 valence electrons. The third kappa shape index (κ3) is 3.31. The Morgan fingerprint density at radius 2 is 1.91 bits per heavy atom. The van der Waals surface area contributed by atoms with Crippen LogP contribution in [0.3, 0.4) is 0 Å². The van der Waals surface area contributed by atoms with Crippen LogP contribution in [0.25, 0.3) is 0 Å². The number of piperazine rings is 1. The maximum Gasteiger partial charge on any atom is 0.140 e. The smallest absolute Gasteiger partial charge is 0.140 e. The number of halogens is 1. The van der Waals surface area contributed by atoms with Gasteiger partial charge in [0, 0.05) is 32.2 Å². The predicted molar refractivity (Wildman–Crippen MR) is 84.9 cm³/mol. The van der Waals surface area contributed by atoms with Crippen molar-refractivity contribution in [1.29, 1.82) is 5.26 Å². The fourth-order valence-corrected chi connectivity index (χ4v) is 4.00. The van der Waals surface area contributed by atoms with E-state index < -0.39 is 5.82 Å². The zero-order valence-corrected chi connectivity index (χ0v) is 13.0. The van der Waals surface area contributed by atoms with E-state index in [9.17, 15) is 4.39 Å². The second kappa shape index (κ2) is 7.21. The van der Waals surface area contributed by atoms with Crippen LogP contribution in [0.4, 0.5) is 4.39 Å². The first-order valence-electron chi connectivity index (χ1n) is 8.44. The summed E-state index contributed by atoms with van der Waals surface area (Å²) in [6.07, 6.45) is 6.40. The molecule has 1 atom stereocenters. The van der Waals surface area contributed by atoms with Crippen molar-refractivity contribution in [3.05, 3.63) is 35.1 Å². The summed E-state index contributed by atoms with van der Waals surface area (Å²) in [5.74, 6) is 0.220. The highest BCUT2D eigenvalue weighted by molar-refractivity contribution is 5.36. The number of hydrogen-bond donors (Lipinski definition) is 1. The molecule has 2 aliphatic rings. The minimum atomic E-state index is -0.408. The van der Waals surface area contributed by atoms with Gasteiger partial charge in [-0.05, 0) is 36.5 Å². The quantitative estimate of drug-likeness (QED) is 0.931. The molecule has 3 rings (SSSR count). The van der Waals surface area contributed by atoms with E-state index in [-0.39, 0.29) is 5.56 Å². The maximum absolute atomic E-state index is 13.7. The highest BCUT2D eigenvalue weighted by atomic mass is 19.1. The topological polar surface area (TPSA) is 39.1 Å². The molecule has 1 heterocycles. The van der Waals surface area contributed by atoms with Crippen molar-refractivity contribution in [3.63, 3.8) is 0 Å². The molecule has 1 saturated carbocycles. The first-order chi connectivity index (χ1) is 10.8. The molecule has 0 unspecified atom stereocenters. The van der Waals surface area contributed by atoms with Crippen LogP contribution in [0.1, 0.15) is 49.3 Å². The highest BCUT2D eigenvalue weighted by Crippen LogP contribution is 2.38. The van der Waals surface area contributed by atoms with Gasteiger partial charge in [-0.1, -0.05) is 25.3 Å². The van der Waals surface area contributed by atoms with Crippen molar-refractivity contribution in [2.24, 2.45) is 5.92 Å². The fourth-order valence-electron chi connectivity index (χ4n) is 4.00. The van der Waals surface area contributed by atoms with Gasteiger partial charge in [-0.2, -0.15) is 5.26 Å². The zero-order valence-electron chi connectivity index (χ0n) is 13.0. The normalized spacial score (nSPS) is 22.2. The lowest BCUT2D eigenvalue weighted by Crippen LogP contribution is -2.47. The third-order valence-electron chi connectivity index (χ3n) is 5.09. The standard InChI is InChI=1S/C18H24FN3/c19-17-7-6-15(12-16(17)13-20)18(14-4-2-1-3-5-14)22-10-8-21-9-11-22/h6-7,12,14,18,21H,1-5,8-11H2/t18-/m0/s1. The fraction of sp³-hybridized carbons (Fsp3) is 0.611.